The number of nitrogens with one attached hydrogen (secondary N) is 1. The molecular formula is C19H28N2O. The van der Waals surface area contributed by atoms with E-state index in [4.69, 9.17) is 0 Å². The summed E-state index contributed by atoms with van der Waals surface area (Å²) in [6, 6.07) is 4.16. The maximum atomic E-state index is 12.4. The Kier molecular flexibility index (Phi) is 4.74. The van der Waals surface area contributed by atoms with Gasteiger partial charge in [0.15, 0.2) is 0 Å². The van der Waals surface area contributed by atoms with E-state index in [0.717, 1.165) is 17.8 Å². The van der Waals surface area contributed by atoms with Gasteiger partial charge in [-0.15, -0.1) is 0 Å². The van der Waals surface area contributed by atoms with Crippen molar-refractivity contribution in [2.75, 3.05) is 6.54 Å². The lowest BCUT2D eigenvalue weighted by atomic mass is 10.1. The van der Waals surface area contributed by atoms with Gasteiger partial charge >= 0.3 is 0 Å². The molecule has 0 spiro atoms. The molecule has 1 aliphatic rings. The minimum absolute atomic E-state index is 0.0829. The van der Waals surface area contributed by atoms with Crippen LogP contribution in [0.25, 0.3) is 0 Å². The second kappa shape index (κ2) is 6.23. The highest BCUT2D eigenvalue weighted by Crippen LogP contribution is 2.59. The van der Waals surface area contributed by atoms with E-state index in [2.05, 4.69) is 63.1 Å². The Morgan fingerprint density at radius 1 is 1.32 bits per heavy atom. The van der Waals surface area contributed by atoms with Crippen molar-refractivity contribution in [3.05, 3.63) is 40.7 Å². The smallest absolute Gasteiger partial charge is 0.224 e. The number of rotatable bonds is 5. The molecule has 0 saturated heterocycles. The highest BCUT2D eigenvalue weighted by molar-refractivity contribution is 5.83. The average molecular weight is 300 g/mol. The Hall–Kier alpha value is -1.64. The van der Waals surface area contributed by atoms with Crippen LogP contribution in [0, 0.1) is 31.1 Å². The highest BCUT2D eigenvalue weighted by Gasteiger charge is 2.60. The largest absolute Gasteiger partial charge is 0.355 e. The third-order valence-corrected chi connectivity index (χ3v) is 4.54. The zero-order valence-corrected chi connectivity index (χ0v) is 14.7. The van der Waals surface area contributed by atoms with Crippen molar-refractivity contribution in [3.8, 4) is 0 Å². The third-order valence-electron chi connectivity index (χ3n) is 4.54. The Bertz CT molecular complexity index is 577. The quantitative estimate of drug-likeness (QED) is 0.844. The van der Waals surface area contributed by atoms with Gasteiger partial charge in [-0.1, -0.05) is 25.5 Å². The van der Waals surface area contributed by atoms with Crippen LogP contribution in [-0.4, -0.2) is 17.4 Å². The van der Waals surface area contributed by atoms with Crippen molar-refractivity contribution in [1.82, 2.24) is 10.3 Å². The number of pyridine rings is 1. The molecule has 120 valence electrons. The molecule has 1 fully saturated rings. The number of hydrogen-bond acceptors (Lipinski definition) is 2. The first kappa shape index (κ1) is 16.7. The number of carbonyl (C=O) groups excluding carboxylic acids is 1. The van der Waals surface area contributed by atoms with Gasteiger partial charge in [-0.25, -0.2) is 0 Å². The van der Waals surface area contributed by atoms with Crippen LogP contribution in [0.2, 0.25) is 0 Å². The summed E-state index contributed by atoms with van der Waals surface area (Å²) >= 11 is 0. The summed E-state index contributed by atoms with van der Waals surface area (Å²) in [5.41, 5.74) is 4.68. The molecule has 2 unspecified atom stereocenters. The average Bonchev–Trinajstić information content (AvgIpc) is 2.88. The number of carbonyl (C=O) groups is 1. The van der Waals surface area contributed by atoms with Crippen LogP contribution < -0.4 is 5.32 Å². The number of aryl methyl sites for hydroxylation is 2. The fraction of sp³-hybridized carbons (Fsp3) is 0.579. The molecule has 2 rings (SSSR count). The lowest BCUT2D eigenvalue weighted by Gasteiger charge is -2.07. The van der Waals surface area contributed by atoms with Crippen LogP contribution >= 0.6 is 0 Å². The second-order valence-corrected chi connectivity index (χ2v) is 7.39. The first-order valence-corrected chi connectivity index (χ1v) is 8.08. The summed E-state index contributed by atoms with van der Waals surface area (Å²) < 4.78 is 0. The predicted octanol–water partition coefficient (Wildman–Crippen LogP) is 3.60. The molecule has 1 aliphatic carbocycles. The minimum Gasteiger partial charge on any atom is -0.355 e. The molecule has 1 aromatic heterocycles. The van der Waals surface area contributed by atoms with E-state index in [0.29, 0.717) is 12.5 Å². The van der Waals surface area contributed by atoms with E-state index in [1.165, 1.54) is 11.1 Å². The zero-order valence-electron chi connectivity index (χ0n) is 14.7. The van der Waals surface area contributed by atoms with Gasteiger partial charge in [-0.2, -0.15) is 0 Å². The van der Waals surface area contributed by atoms with Crippen molar-refractivity contribution >= 4 is 5.91 Å². The standard InChI is InChI=1S/C19H28N2O/c1-12(2)9-16-17(19(16,5)6)18(22)20-8-7-15-11-13(3)10-14(4)21-15/h9-11,16-17H,7-8H2,1-6H3,(H,20,22). The first-order valence-electron chi connectivity index (χ1n) is 8.08. The molecule has 1 N–H and O–H groups in total. The number of hydrogen-bond donors (Lipinski definition) is 1. The monoisotopic (exact) mass is 300 g/mol. The van der Waals surface area contributed by atoms with Crippen LogP contribution in [0.1, 0.15) is 44.6 Å². The van der Waals surface area contributed by atoms with Crippen LogP contribution in [0.4, 0.5) is 0 Å². The van der Waals surface area contributed by atoms with E-state index in [1.54, 1.807) is 0 Å². The van der Waals surface area contributed by atoms with Gasteiger partial charge in [0.25, 0.3) is 0 Å². The predicted molar refractivity (Wildman–Crippen MR) is 90.6 cm³/mol. The number of allylic oxidation sites excluding steroid dienone is 2. The summed E-state index contributed by atoms with van der Waals surface area (Å²) in [7, 11) is 0. The van der Waals surface area contributed by atoms with Gasteiger partial charge in [-0.3, -0.25) is 9.78 Å². The van der Waals surface area contributed by atoms with Crippen molar-refractivity contribution in [1.29, 1.82) is 0 Å². The summed E-state index contributed by atoms with van der Waals surface area (Å²) in [5.74, 6) is 0.656. The molecule has 1 amide bonds. The minimum atomic E-state index is 0.0829. The van der Waals surface area contributed by atoms with Gasteiger partial charge in [0.1, 0.15) is 0 Å². The molecule has 0 radical (unpaired) electrons. The van der Waals surface area contributed by atoms with E-state index in [9.17, 15) is 4.79 Å². The fourth-order valence-corrected chi connectivity index (χ4v) is 3.33. The van der Waals surface area contributed by atoms with E-state index in [1.807, 2.05) is 6.92 Å². The van der Waals surface area contributed by atoms with Crippen LogP contribution in [0.5, 0.6) is 0 Å². The van der Waals surface area contributed by atoms with Gasteiger partial charge in [0, 0.05) is 24.4 Å². The Balaban J connectivity index is 1.87. The van der Waals surface area contributed by atoms with Crippen LogP contribution in [-0.2, 0) is 11.2 Å². The highest BCUT2D eigenvalue weighted by atomic mass is 16.2. The molecule has 1 heterocycles. The van der Waals surface area contributed by atoms with Gasteiger partial charge < -0.3 is 5.32 Å². The number of aromatic nitrogens is 1. The molecular weight excluding hydrogens is 272 g/mol. The van der Waals surface area contributed by atoms with Crippen molar-refractivity contribution < 1.29 is 4.79 Å². The lowest BCUT2D eigenvalue weighted by Crippen LogP contribution is -2.29. The summed E-state index contributed by atoms with van der Waals surface area (Å²) in [6.07, 6.45) is 3.02. The topological polar surface area (TPSA) is 42.0 Å². The van der Waals surface area contributed by atoms with Crippen molar-refractivity contribution in [2.45, 2.75) is 48.0 Å². The summed E-state index contributed by atoms with van der Waals surface area (Å²) in [4.78, 5) is 16.9. The molecule has 2 atom stereocenters. The van der Waals surface area contributed by atoms with Gasteiger partial charge in [0.2, 0.25) is 5.91 Å². The first-order chi connectivity index (χ1) is 10.2. The Labute approximate surface area is 134 Å². The van der Waals surface area contributed by atoms with E-state index >= 15 is 0 Å². The molecule has 0 aromatic carbocycles. The second-order valence-electron chi connectivity index (χ2n) is 7.39. The Morgan fingerprint density at radius 2 is 2.00 bits per heavy atom. The van der Waals surface area contributed by atoms with E-state index in [-0.39, 0.29) is 17.2 Å². The Morgan fingerprint density at radius 3 is 2.59 bits per heavy atom. The maximum absolute atomic E-state index is 12.4. The molecule has 1 saturated carbocycles. The van der Waals surface area contributed by atoms with E-state index < -0.39 is 0 Å². The fourth-order valence-electron chi connectivity index (χ4n) is 3.33. The molecule has 3 heteroatoms. The molecule has 22 heavy (non-hydrogen) atoms. The molecule has 1 aromatic rings. The normalized spacial score (nSPS) is 22.1. The maximum Gasteiger partial charge on any atom is 0.224 e. The zero-order chi connectivity index (χ0) is 16.5. The SMILES string of the molecule is CC(C)=CC1C(C(=O)NCCc2cc(C)cc(C)n2)C1(C)C. The number of amides is 1. The molecule has 0 bridgehead atoms. The van der Waals surface area contributed by atoms with Crippen LogP contribution in [0.15, 0.2) is 23.8 Å². The third kappa shape index (κ3) is 3.76. The summed E-state index contributed by atoms with van der Waals surface area (Å²) in [5, 5.41) is 3.08. The van der Waals surface area contributed by atoms with Crippen LogP contribution in [0.3, 0.4) is 0 Å². The lowest BCUT2D eigenvalue weighted by molar-refractivity contribution is -0.123. The van der Waals surface area contributed by atoms with Crippen molar-refractivity contribution in [3.63, 3.8) is 0 Å². The van der Waals surface area contributed by atoms with Crippen molar-refractivity contribution in [2.24, 2.45) is 17.3 Å². The van der Waals surface area contributed by atoms with Gasteiger partial charge in [-0.05, 0) is 56.7 Å². The van der Waals surface area contributed by atoms with Gasteiger partial charge in [0.05, 0.1) is 5.92 Å². The number of nitrogens with zero attached hydrogens (tertiary/aromatic N) is 1. The molecule has 0 aliphatic heterocycles. The molecule has 3 nitrogen and oxygen atoms in total. The summed E-state index contributed by atoms with van der Waals surface area (Å²) in [6.45, 7) is 13.3.